The molecule has 1 saturated carbocycles. The molecule has 2 amide bonds. The van der Waals surface area contributed by atoms with E-state index in [-0.39, 0.29) is 36.4 Å². The number of hydrogen-bond donors (Lipinski definition) is 0. The first-order valence-corrected chi connectivity index (χ1v) is 13.5. The molecule has 0 aliphatic heterocycles. The van der Waals surface area contributed by atoms with Gasteiger partial charge in [0.15, 0.2) is 0 Å². The zero-order valence-corrected chi connectivity index (χ0v) is 22.0. The van der Waals surface area contributed by atoms with Crippen molar-refractivity contribution in [2.75, 3.05) is 6.54 Å². The largest absolute Gasteiger partial charge is 0.416 e. The molecule has 0 unspecified atom stereocenters. The Hall–Kier alpha value is -3.20. The highest BCUT2D eigenvalue weighted by Gasteiger charge is 2.32. The zero-order chi connectivity index (χ0) is 27.3. The van der Waals surface area contributed by atoms with E-state index < -0.39 is 17.6 Å². The van der Waals surface area contributed by atoms with E-state index in [4.69, 9.17) is 0 Å². The Labute approximate surface area is 223 Å². The van der Waals surface area contributed by atoms with Gasteiger partial charge in [-0.25, -0.2) is 4.39 Å². The van der Waals surface area contributed by atoms with Crippen LogP contribution in [0.3, 0.4) is 0 Å². The number of aryl methyl sites for hydroxylation is 1. The van der Waals surface area contributed by atoms with Gasteiger partial charge in [-0.1, -0.05) is 31.4 Å². The average Bonchev–Trinajstić information content (AvgIpc) is 3.31. The van der Waals surface area contributed by atoms with Crippen molar-refractivity contribution in [3.63, 3.8) is 0 Å². The van der Waals surface area contributed by atoms with Gasteiger partial charge in [0.1, 0.15) is 12.4 Å². The second kappa shape index (κ2) is 12.1. The van der Waals surface area contributed by atoms with Crippen LogP contribution in [-0.2, 0) is 24.1 Å². The van der Waals surface area contributed by atoms with E-state index in [9.17, 15) is 27.2 Å². The van der Waals surface area contributed by atoms with Crippen LogP contribution in [0.4, 0.5) is 17.6 Å². The first-order chi connectivity index (χ1) is 18.1. The number of halogens is 4. The Balaban J connectivity index is 1.59. The fourth-order valence-electron chi connectivity index (χ4n) is 4.75. The van der Waals surface area contributed by atoms with Crippen LogP contribution < -0.4 is 0 Å². The van der Waals surface area contributed by atoms with Gasteiger partial charge in [-0.05, 0) is 78.7 Å². The molecule has 0 bridgehead atoms. The van der Waals surface area contributed by atoms with E-state index in [0.29, 0.717) is 6.54 Å². The summed E-state index contributed by atoms with van der Waals surface area (Å²) in [6.45, 7) is 2.36. The molecule has 4 nitrogen and oxygen atoms in total. The lowest BCUT2D eigenvalue weighted by Crippen LogP contribution is -2.48. The number of rotatable bonds is 8. The Morgan fingerprint density at radius 2 is 1.58 bits per heavy atom. The third-order valence-electron chi connectivity index (χ3n) is 6.98. The highest BCUT2D eigenvalue weighted by atomic mass is 32.1. The summed E-state index contributed by atoms with van der Waals surface area (Å²) in [5, 5.41) is 1.95. The first-order valence-electron chi connectivity index (χ1n) is 12.6. The lowest BCUT2D eigenvalue weighted by molar-refractivity contribution is -0.137. The predicted octanol–water partition coefficient (Wildman–Crippen LogP) is 7.22. The summed E-state index contributed by atoms with van der Waals surface area (Å²) in [5.74, 6) is -1.09. The molecular weight excluding hydrogens is 516 g/mol. The summed E-state index contributed by atoms with van der Waals surface area (Å²) in [6, 6.07) is 11.9. The molecule has 9 heteroatoms. The lowest BCUT2D eigenvalue weighted by atomic mass is 9.93. The molecule has 38 heavy (non-hydrogen) atoms. The van der Waals surface area contributed by atoms with Crippen molar-refractivity contribution in [1.82, 2.24) is 9.80 Å². The van der Waals surface area contributed by atoms with Crippen LogP contribution in [0.2, 0.25) is 0 Å². The van der Waals surface area contributed by atoms with E-state index in [2.05, 4.69) is 0 Å². The number of nitrogens with zero attached hydrogens (tertiary/aromatic N) is 2. The third-order valence-corrected chi connectivity index (χ3v) is 7.99. The lowest BCUT2D eigenvalue weighted by Gasteiger charge is -2.35. The maximum atomic E-state index is 13.7. The van der Waals surface area contributed by atoms with Gasteiger partial charge >= 0.3 is 6.18 Å². The van der Waals surface area contributed by atoms with Gasteiger partial charge in [0.25, 0.3) is 5.91 Å². The second-order valence-electron chi connectivity index (χ2n) is 9.70. The first kappa shape index (κ1) is 27.8. The Morgan fingerprint density at radius 1 is 0.921 bits per heavy atom. The molecule has 0 radical (unpaired) electrons. The van der Waals surface area contributed by atoms with Gasteiger partial charge in [0.05, 0.1) is 12.1 Å². The normalized spacial score (nSPS) is 14.3. The monoisotopic (exact) mass is 546 g/mol. The molecule has 0 saturated heterocycles. The minimum atomic E-state index is -4.50. The Morgan fingerprint density at radius 3 is 2.16 bits per heavy atom. The molecule has 3 aromatic rings. The van der Waals surface area contributed by atoms with E-state index in [1.807, 2.05) is 18.4 Å². The van der Waals surface area contributed by atoms with Crippen molar-refractivity contribution >= 4 is 23.2 Å². The number of benzene rings is 2. The average molecular weight is 547 g/mol. The summed E-state index contributed by atoms with van der Waals surface area (Å²) in [7, 11) is 0. The molecule has 1 aliphatic carbocycles. The van der Waals surface area contributed by atoms with Crippen LogP contribution in [0, 0.1) is 12.7 Å². The number of thiophene rings is 1. The van der Waals surface area contributed by atoms with Crippen molar-refractivity contribution in [2.45, 2.75) is 64.3 Å². The van der Waals surface area contributed by atoms with Gasteiger partial charge in [0, 0.05) is 23.0 Å². The molecule has 1 heterocycles. The molecule has 0 atom stereocenters. The van der Waals surface area contributed by atoms with Crippen LogP contribution >= 0.6 is 11.3 Å². The second-order valence-corrected chi connectivity index (χ2v) is 10.7. The van der Waals surface area contributed by atoms with E-state index >= 15 is 0 Å². The molecule has 0 N–H and O–H groups in total. The Kier molecular flexibility index (Phi) is 8.87. The van der Waals surface area contributed by atoms with Crippen LogP contribution in [0.25, 0.3) is 0 Å². The summed E-state index contributed by atoms with van der Waals surface area (Å²) in [5.41, 5.74) is 1.10. The highest BCUT2D eigenvalue weighted by molar-refractivity contribution is 7.10. The van der Waals surface area contributed by atoms with Crippen molar-refractivity contribution in [3.8, 4) is 0 Å². The van der Waals surface area contributed by atoms with Crippen molar-refractivity contribution in [3.05, 3.63) is 92.9 Å². The minimum Gasteiger partial charge on any atom is -0.332 e. The van der Waals surface area contributed by atoms with E-state index in [1.165, 1.54) is 40.5 Å². The summed E-state index contributed by atoms with van der Waals surface area (Å²) >= 11 is 1.54. The molecular formula is C29H30F4N2O2S. The highest BCUT2D eigenvalue weighted by Crippen LogP contribution is 2.30. The number of alkyl halides is 3. The maximum absolute atomic E-state index is 13.7. The standard InChI is InChI=1S/C29H30F4N2O2S/c1-20-15-16-38-26(20)18-34(17-21-7-13-24(30)14-8-21)27(36)19-35(25-5-3-2-4-6-25)28(37)22-9-11-23(12-10-22)29(31,32)33/h7-16,25H,2-6,17-19H2,1H3. The van der Waals surface area contributed by atoms with Crippen molar-refractivity contribution in [2.24, 2.45) is 0 Å². The number of amides is 2. The van der Waals surface area contributed by atoms with Gasteiger partial charge < -0.3 is 9.80 Å². The molecule has 0 spiro atoms. The SMILES string of the molecule is Cc1ccsc1CN(Cc1ccc(F)cc1)C(=O)CN(C(=O)c1ccc(C(F)(F)F)cc1)C1CCCCC1. The van der Waals surface area contributed by atoms with Gasteiger partial charge in [-0.3, -0.25) is 9.59 Å². The fraction of sp³-hybridized carbons (Fsp3) is 0.379. The van der Waals surface area contributed by atoms with Crippen LogP contribution in [0.5, 0.6) is 0 Å². The third kappa shape index (κ3) is 7.01. The quantitative estimate of drug-likeness (QED) is 0.280. The zero-order valence-electron chi connectivity index (χ0n) is 21.1. The number of carbonyl (C=O) groups excluding carboxylic acids is 2. The molecule has 1 fully saturated rings. The Bertz CT molecular complexity index is 1230. The number of hydrogen-bond acceptors (Lipinski definition) is 3. The molecule has 1 aromatic heterocycles. The summed E-state index contributed by atoms with van der Waals surface area (Å²) < 4.78 is 52.6. The van der Waals surface area contributed by atoms with Gasteiger partial charge in [-0.15, -0.1) is 11.3 Å². The maximum Gasteiger partial charge on any atom is 0.416 e. The fourth-order valence-corrected chi connectivity index (χ4v) is 5.68. The van der Waals surface area contributed by atoms with Gasteiger partial charge in [0.2, 0.25) is 5.91 Å². The topological polar surface area (TPSA) is 40.6 Å². The van der Waals surface area contributed by atoms with E-state index in [0.717, 1.165) is 60.2 Å². The van der Waals surface area contributed by atoms with Crippen molar-refractivity contribution in [1.29, 1.82) is 0 Å². The summed E-state index contributed by atoms with van der Waals surface area (Å²) in [4.78, 5) is 31.5. The summed E-state index contributed by atoms with van der Waals surface area (Å²) in [6.07, 6.45) is -0.140. The predicted molar refractivity (Wildman–Crippen MR) is 139 cm³/mol. The van der Waals surface area contributed by atoms with Gasteiger partial charge in [-0.2, -0.15) is 13.2 Å². The molecule has 2 aromatic carbocycles. The molecule has 1 aliphatic rings. The van der Waals surface area contributed by atoms with Crippen LogP contribution in [0.1, 0.15) is 64.0 Å². The van der Waals surface area contributed by atoms with Crippen LogP contribution in [0.15, 0.2) is 60.0 Å². The minimum absolute atomic E-state index is 0.121. The smallest absolute Gasteiger partial charge is 0.332 e. The van der Waals surface area contributed by atoms with E-state index in [1.54, 1.807) is 17.0 Å². The molecule has 202 valence electrons. The molecule has 4 rings (SSSR count). The van der Waals surface area contributed by atoms with Crippen LogP contribution in [-0.4, -0.2) is 34.2 Å². The van der Waals surface area contributed by atoms with Crippen molar-refractivity contribution < 1.29 is 27.2 Å². The number of carbonyl (C=O) groups is 2.